The van der Waals surface area contributed by atoms with Gasteiger partial charge in [-0.1, -0.05) is 12.1 Å². The number of carbonyl (C=O) groups is 3. The van der Waals surface area contributed by atoms with E-state index in [4.69, 9.17) is 28.4 Å². The zero-order valence-electron chi connectivity index (χ0n) is 25.8. The van der Waals surface area contributed by atoms with E-state index in [9.17, 15) is 19.2 Å². The molecule has 2 amide bonds. The van der Waals surface area contributed by atoms with Crippen molar-refractivity contribution in [2.45, 2.75) is 51.7 Å². The molecule has 2 N–H and O–H groups in total. The molecule has 0 saturated carbocycles. The Morgan fingerprint density at radius 3 is 2.09 bits per heavy atom. The van der Waals surface area contributed by atoms with Crippen LogP contribution in [0.25, 0.3) is 10.8 Å². The molecule has 1 fully saturated rings. The summed E-state index contributed by atoms with van der Waals surface area (Å²) >= 11 is 0. The average molecular weight is 621 g/mol. The molecule has 1 aliphatic heterocycles. The molecule has 14 nitrogen and oxygen atoms in total. The molecule has 0 bridgehead atoms. The van der Waals surface area contributed by atoms with Crippen molar-refractivity contribution < 1.29 is 42.8 Å². The highest BCUT2D eigenvalue weighted by molar-refractivity contribution is 5.99. The monoisotopic (exact) mass is 620 g/mol. The summed E-state index contributed by atoms with van der Waals surface area (Å²) in [6.07, 6.45) is 2.14. The maximum Gasteiger partial charge on any atom is 0.308 e. The fraction of sp³-hybridized carbons (Fsp3) is 0.633. The second-order valence-corrected chi connectivity index (χ2v) is 11.0. The highest BCUT2D eigenvalue weighted by Gasteiger charge is 2.30. The van der Waals surface area contributed by atoms with E-state index in [2.05, 4.69) is 15.7 Å². The number of anilines is 1. The van der Waals surface area contributed by atoms with Gasteiger partial charge in [-0.2, -0.15) is 5.10 Å². The average Bonchev–Trinajstić information content (AvgIpc) is 2.96. The molecule has 2 aromatic rings. The highest BCUT2D eigenvalue weighted by atomic mass is 16.6. The molecular weight excluding hydrogens is 576 g/mol. The molecule has 1 aromatic heterocycles. The smallest absolute Gasteiger partial charge is 0.308 e. The highest BCUT2D eigenvalue weighted by Crippen LogP contribution is 2.21. The fourth-order valence-corrected chi connectivity index (χ4v) is 4.28. The number of ether oxygens (including phenoxy) is 6. The van der Waals surface area contributed by atoms with Crippen LogP contribution in [0, 0.1) is 0 Å². The molecule has 2 heterocycles. The Labute approximate surface area is 256 Å². The number of aromatic nitrogens is 2. The first kappa shape index (κ1) is 35.1. The minimum atomic E-state index is -0.825. The number of nitrogens with zero attached hydrogens (tertiary/aromatic N) is 2. The van der Waals surface area contributed by atoms with E-state index in [1.54, 1.807) is 18.3 Å². The van der Waals surface area contributed by atoms with Crippen molar-refractivity contribution in [3.05, 3.63) is 34.7 Å². The SMILES string of the molecule is CC(C)(C)OC(=O)CCOCCOCCOCCOCCOCCNc1cccc2cnn(C3CCC(=O)NC3=O)c(=O)c12. The third kappa shape index (κ3) is 12.3. The number of imide groups is 1. The number of rotatable bonds is 20. The van der Waals surface area contributed by atoms with E-state index >= 15 is 0 Å². The normalized spacial score (nSPS) is 15.4. The summed E-state index contributed by atoms with van der Waals surface area (Å²) in [5.41, 5.74) is -0.275. The largest absolute Gasteiger partial charge is 0.460 e. The zero-order valence-corrected chi connectivity index (χ0v) is 25.8. The molecular formula is C30H44N4O10. The quantitative estimate of drug-likeness (QED) is 0.125. The predicted molar refractivity (Wildman–Crippen MR) is 160 cm³/mol. The van der Waals surface area contributed by atoms with Gasteiger partial charge >= 0.3 is 5.97 Å². The fourth-order valence-electron chi connectivity index (χ4n) is 4.28. The van der Waals surface area contributed by atoms with Crippen molar-refractivity contribution >= 4 is 34.2 Å². The molecule has 14 heteroatoms. The van der Waals surface area contributed by atoms with Crippen molar-refractivity contribution in [3.8, 4) is 0 Å². The summed E-state index contributed by atoms with van der Waals surface area (Å²) in [5, 5.41) is 10.7. The van der Waals surface area contributed by atoms with Gasteiger partial charge in [-0.15, -0.1) is 0 Å². The van der Waals surface area contributed by atoms with Crippen molar-refractivity contribution in [2.24, 2.45) is 0 Å². The van der Waals surface area contributed by atoms with Crippen LogP contribution in [-0.2, 0) is 42.8 Å². The molecule has 1 aromatic carbocycles. The van der Waals surface area contributed by atoms with Crippen molar-refractivity contribution in [2.75, 3.05) is 77.9 Å². The molecule has 44 heavy (non-hydrogen) atoms. The number of carbonyl (C=O) groups excluding carboxylic acids is 3. The maximum atomic E-state index is 13.2. The molecule has 0 radical (unpaired) electrons. The third-order valence-electron chi connectivity index (χ3n) is 6.27. The van der Waals surface area contributed by atoms with Gasteiger partial charge in [0.15, 0.2) is 0 Å². The Balaban J connectivity index is 1.19. The third-order valence-corrected chi connectivity index (χ3v) is 6.27. The Kier molecular flexibility index (Phi) is 14.7. The summed E-state index contributed by atoms with van der Waals surface area (Å²) in [6.45, 7) is 9.99. The molecule has 1 unspecified atom stereocenters. The number of hydrogen-bond donors (Lipinski definition) is 2. The number of fused-ring (bicyclic) bond motifs is 1. The first-order valence-electron chi connectivity index (χ1n) is 14.8. The number of benzene rings is 1. The summed E-state index contributed by atoms with van der Waals surface area (Å²) < 4.78 is 33.7. The van der Waals surface area contributed by atoms with Gasteiger partial charge in [0.25, 0.3) is 11.5 Å². The summed E-state index contributed by atoms with van der Waals surface area (Å²) in [7, 11) is 0. The lowest BCUT2D eigenvalue weighted by molar-refractivity contribution is -0.156. The summed E-state index contributed by atoms with van der Waals surface area (Å²) in [4.78, 5) is 48.5. The number of piperidine rings is 1. The van der Waals surface area contributed by atoms with Crippen LogP contribution >= 0.6 is 0 Å². The zero-order chi connectivity index (χ0) is 31.8. The van der Waals surface area contributed by atoms with E-state index in [1.807, 2.05) is 26.8 Å². The van der Waals surface area contributed by atoms with Gasteiger partial charge in [-0.05, 0) is 33.3 Å². The summed E-state index contributed by atoms with van der Waals surface area (Å²) in [6, 6.07) is 4.56. The van der Waals surface area contributed by atoms with Gasteiger partial charge in [0.1, 0.15) is 11.6 Å². The Bertz CT molecular complexity index is 1280. The van der Waals surface area contributed by atoms with Crippen LogP contribution in [0.15, 0.2) is 29.2 Å². The number of nitrogens with one attached hydrogen (secondary N) is 2. The first-order chi connectivity index (χ1) is 21.2. The van der Waals surface area contributed by atoms with E-state index in [0.29, 0.717) is 89.1 Å². The summed E-state index contributed by atoms with van der Waals surface area (Å²) in [5.74, 6) is -1.16. The molecule has 1 atom stereocenters. The van der Waals surface area contributed by atoms with Gasteiger partial charge in [0.05, 0.1) is 84.1 Å². The standard InChI is InChI=1S/C30H44N4O10/c1-30(2,3)44-26(36)9-11-39-13-15-41-17-19-43-20-18-42-16-14-40-12-10-31-23-6-4-5-22-21-32-34(29(38)27(22)23)24-7-8-25(35)33-28(24)37/h4-6,21,24,31H,7-20H2,1-3H3,(H,33,35,37). The van der Waals surface area contributed by atoms with Crippen LogP contribution in [0.5, 0.6) is 0 Å². The van der Waals surface area contributed by atoms with Crippen LogP contribution in [0.4, 0.5) is 5.69 Å². The minimum absolute atomic E-state index is 0.156. The van der Waals surface area contributed by atoms with E-state index in [1.165, 1.54) is 0 Å². The van der Waals surface area contributed by atoms with Crippen LogP contribution in [-0.4, -0.2) is 106 Å². The molecule has 1 aliphatic rings. The lowest BCUT2D eigenvalue weighted by atomic mass is 10.1. The van der Waals surface area contributed by atoms with Gasteiger partial charge in [-0.3, -0.25) is 24.5 Å². The molecule has 0 aliphatic carbocycles. The first-order valence-corrected chi connectivity index (χ1v) is 14.8. The van der Waals surface area contributed by atoms with E-state index in [-0.39, 0.29) is 31.1 Å². The Hall–Kier alpha value is -3.43. The molecule has 0 spiro atoms. The minimum Gasteiger partial charge on any atom is -0.460 e. The van der Waals surface area contributed by atoms with Crippen molar-refractivity contribution in [1.29, 1.82) is 0 Å². The molecule has 3 rings (SSSR count). The van der Waals surface area contributed by atoms with Gasteiger partial charge < -0.3 is 33.7 Å². The second kappa shape index (κ2) is 18.4. The second-order valence-electron chi connectivity index (χ2n) is 11.0. The van der Waals surface area contributed by atoms with Gasteiger partial charge in [0, 0.05) is 24.0 Å². The lowest BCUT2D eigenvalue weighted by Crippen LogP contribution is -2.45. The number of esters is 1. The van der Waals surface area contributed by atoms with Crippen LogP contribution in [0.1, 0.15) is 46.1 Å². The number of amides is 2. The number of hydrogen-bond acceptors (Lipinski definition) is 12. The molecule has 1 saturated heterocycles. The van der Waals surface area contributed by atoms with Crippen molar-refractivity contribution in [1.82, 2.24) is 15.1 Å². The van der Waals surface area contributed by atoms with Crippen LogP contribution < -0.4 is 16.2 Å². The Morgan fingerprint density at radius 1 is 0.909 bits per heavy atom. The maximum absolute atomic E-state index is 13.2. The Morgan fingerprint density at radius 2 is 1.50 bits per heavy atom. The van der Waals surface area contributed by atoms with Gasteiger partial charge in [-0.25, -0.2) is 4.68 Å². The van der Waals surface area contributed by atoms with E-state index < -0.39 is 23.1 Å². The van der Waals surface area contributed by atoms with Crippen molar-refractivity contribution in [3.63, 3.8) is 0 Å². The lowest BCUT2D eigenvalue weighted by Gasteiger charge is -2.22. The topological polar surface area (TPSA) is 166 Å². The predicted octanol–water partition coefficient (Wildman–Crippen LogP) is 1.60. The van der Waals surface area contributed by atoms with E-state index in [0.717, 1.165) is 4.68 Å². The van der Waals surface area contributed by atoms with Crippen LogP contribution in [0.2, 0.25) is 0 Å². The van der Waals surface area contributed by atoms with Gasteiger partial charge in [0.2, 0.25) is 5.91 Å². The molecule has 244 valence electrons. The van der Waals surface area contributed by atoms with Crippen LogP contribution in [0.3, 0.4) is 0 Å².